The third-order valence-electron chi connectivity index (χ3n) is 9.90. The Bertz CT molecular complexity index is 1520. The van der Waals surface area contributed by atoms with Crippen molar-refractivity contribution in [3.05, 3.63) is 68.7 Å². The maximum Gasteiger partial charge on any atom is 0.261 e. The molecule has 2 N–H and O–H groups in total. The van der Waals surface area contributed by atoms with Gasteiger partial charge in [0.05, 0.1) is 23.3 Å². The first-order valence-electron chi connectivity index (χ1n) is 16.6. The zero-order chi connectivity index (χ0) is 30.6. The zero-order valence-corrected chi connectivity index (χ0v) is 27.6. The number of anilines is 1. The van der Waals surface area contributed by atoms with Crippen LogP contribution in [-0.2, 0) is 13.0 Å². The van der Waals surface area contributed by atoms with E-state index in [0.29, 0.717) is 58.0 Å². The zero-order valence-electron chi connectivity index (χ0n) is 26.1. The molecule has 0 spiro atoms. The molecule has 3 aliphatic rings. The first-order chi connectivity index (χ1) is 21.3. The predicted octanol–water partition coefficient (Wildman–Crippen LogP) is 7.54. The van der Waals surface area contributed by atoms with Gasteiger partial charge in [0.2, 0.25) is 0 Å². The standard InChI is InChI=1S/C35H46Cl2N6O/c1-23-20-43(21-24(2)39-23)35(41-32-11-7-6-10-29(32)25-8-4-3-5-9-25)40-28-14-15-30-33(19-28)38-22-42(34(30)44)17-16-26-12-13-27(36)18-31(26)37/h12-15,18-19,22-25,29,32,39H,3-11,16-17,20-21H2,1-2H3,(H,40,41)/t23-,24+,29?,32?. The summed E-state index contributed by atoms with van der Waals surface area (Å²) < 4.78 is 1.66. The average molecular weight is 638 g/mol. The van der Waals surface area contributed by atoms with Crippen molar-refractivity contribution in [2.45, 2.75) is 103 Å². The van der Waals surface area contributed by atoms with Crippen molar-refractivity contribution < 1.29 is 0 Å². The Labute approximate surface area is 271 Å². The number of hydrogen-bond donors (Lipinski definition) is 2. The monoisotopic (exact) mass is 636 g/mol. The second-order valence-electron chi connectivity index (χ2n) is 13.3. The molecule has 9 heteroatoms. The quantitative estimate of drug-likeness (QED) is 0.216. The number of aryl methyl sites for hydroxylation is 2. The lowest BCUT2D eigenvalue weighted by Crippen LogP contribution is -2.57. The fourth-order valence-electron chi connectivity index (χ4n) is 7.75. The van der Waals surface area contributed by atoms with E-state index in [2.05, 4.69) is 34.4 Å². The van der Waals surface area contributed by atoms with Crippen molar-refractivity contribution in [1.82, 2.24) is 19.8 Å². The van der Waals surface area contributed by atoms with Crippen molar-refractivity contribution in [1.29, 1.82) is 0 Å². The molecule has 0 amide bonds. The molecule has 2 aliphatic carbocycles. The van der Waals surface area contributed by atoms with E-state index in [0.717, 1.165) is 36.2 Å². The minimum atomic E-state index is -0.0530. The summed E-state index contributed by atoms with van der Waals surface area (Å²) >= 11 is 12.4. The van der Waals surface area contributed by atoms with Gasteiger partial charge in [0.25, 0.3) is 5.56 Å². The van der Waals surface area contributed by atoms with Crippen LogP contribution in [-0.4, -0.2) is 51.6 Å². The summed E-state index contributed by atoms with van der Waals surface area (Å²) in [5.74, 6) is 2.45. The van der Waals surface area contributed by atoms with Crippen LogP contribution in [0.15, 0.2) is 52.5 Å². The molecular formula is C35H46Cl2N6O. The Morgan fingerprint density at radius 1 is 0.977 bits per heavy atom. The highest BCUT2D eigenvalue weighted by Crippen LogP contribution is 2.40. The van der Waals surface area contributed by atoms with Gasteiger partial charge in [0.1, 0.15) is 0 Å². The maximum atomic E-state index is 13.4. The molecule has 2 unspecified atom stereocenters. The molecule has 4 atom stereocenters. The molecule has 6 rings (SSSR count). The second-order valence-corrected chi connectivity index (χ2v) is 14.2. The van der Waals surface area contributed by atoms with Gasteiger partial charge < -0.3 is 15.5 Å². The van der Waals surface area contributed by atoms with Crippen LogP contribution in [0.1, 0.15) is 77.2 Å². The number of piperazine rings is 1. The molecule has 2 aromatic carbocycles. The molecule has 2 saturated carbocycles. The largest absolute Gasteiger partial charge is 0.340 e. The van der Waals surface area contributed by atoms with Gasteiger partial charge in [-0.2, -0.15) is 0 Å². The Morgan fingerprint density at radius 3 is 2.50 bits per heavy atom. The highest BCUT2D eigenvalue weighted by atomic mass is 35.5. The lowest BCUT2D eigenvalue weighted by molar-refractivity contribution is 0.170. The molecule has 1 aromatic heterocycles. The van der Waals surface area contributed by atoms with E-state index in [-0.39, 0.29) is 5.56 Å². The highest BCUT2D eigenvalue weighted by molar-refractivity contribution is 6.35. The van der Waals surface area contributed by atoms with Crippen LogP contribution < -0.4 is 16.2 Å². The molecule has 0 bridgehead atoms. The first-order valence-corrected chi connectivity index (χ1v) is 17.4. The summed E-state index contributed by atoms with van der Waals surface area (Å²) in [5, 5.41) is 9.20. The summed E-state index contributed by atoms with van der Waals surface area (Å²) in [7, 11) is 0. The summed E-state index contributed by atoms with van der Waals surface area (Å²) in [4.78, 5) is 26.1. The number of rotatable bonds is 6. The van der Waals surface area contributed by atoms with E-state index in [9.17, 15) is 4.79 Å². The van der Waals surface area contributed by atoms with Crippen LogP contribution in [0.3, 0.4) is 0 Å². The smallest absolute Gasteiger partial charge is 0.261 e. The summed E-state index contributed by atoms with van der Waals surface area (Å²) in [5.41, 5.74) is 2.50. The Morgan fingerprint density at radius 2 is 1.73 bits per heavy atom. The Kier molecular flexibility index (Phi) is 10.1. The lowest BCUT2D eigenvalue weighted by atomic mass is 9.71. The number of fused-ring (bicyclic) bond motifs is 1. The number of halogens is 2. The molecule has 3 fully saturated rings. The number of benzene rings is 2. The van der Waals surface area contributed by atoms with Crippen molar-refractivity contribution in [2.24, 2.45) is 16.8 Å². The number of nitrogens with zero attached hydrogens (tertiary/aromatic N) is 4. The normalized spacial score (nSPS) is 25.4. The molecule has 3 aromatic rings. The van der Waals surface area contributed by atoms with E-state index in [4.69, 9.17) is 28.2 Å². The fraction of sp³-hybridized carbons (Fsp3) is 0.571. The Hall–Kier alpha value is -2.61. The van der Waals surface area contributed by atoms with Crippen LogP contribution in [0.4, 0.5) is 5.69 Å². The van der Waals surface area contributed by atoms with Crippen molar-refractivity contribution >= 4 is 45.8 Å². The molecule has 2 heterocycles. The van der Waals surface area contributed by atoms with Crippen LogP contribution in [0.5, 0.6) is 0 Å². The molecular weight excluding hydrogens is 591 g/mol. The Balaban J connectivity index is 1.25. The van der Waals surface area contributed by atoms with Gasteiger partial charge in [-0.05, 0) is 80.8 Å². The van der Waals surface area contributed by atoms with Crippen LogP contribution >= 0.6 is 23.2 Å². The van der Waals surface area contributed by atoms with Gasteiger partial charge >= 0.3 is 0 Å². The van der Waals surface area contributed by atoms with Gasteiger partial charge in [-0.25, -0.2) is 9.98 Å². The molecule has 0 radical (unpaired) electrons. The maximum absolute atomic E-state index is 13.4. The van der Waals surface area contributed by atoms with Crippen molar-refractivity contribution in [2.75, 3.05) is 18.4 Å². The van der Waals surface area contributed by atoms with E-state index in [1.54, 1.807) is 17.0 Å². The highest BCUT2D eigenvalue weighted by Gasteiger charge is 2.34. The van der Waals surface area contributed by atoms with Crippen molar-refractivity contribution in [3.8, 4) is 0 Å². The molecule has 1 aliphatic heterocycles. The predicted molar refractivity (Wildman–Crippen MR) is 183 cm³/mol. The molecule has 1 saturated heterocycles. The topological polar surface area (TPSA) is 74.5 Å². The number of aliphatic imine (C=N–C) groups is 1. The minimum absolute atomic E-state index is 0.0530. The van der Waals surface area contributed by atoms with E-state index >= 15 is 0 Å². The molecule has 236 valence electrons. The third kappa shape index (κ3) is 7.43. The number of nitrogens with one attached hydrogen (secondary N) is 2. The summed E-state index contributed by atoms with van der Waals surface area (Å²) in [6.07, 6.45) is 14.2. The van der Waals surface area contributed by atoms with Gasteiger partial charge in [-0.15, -0.1) is 0 Å². The average Bonchev–Trinajstić information content (AvgIpc) is 3.01. The third-order valence-corrected chi connectivity index (χ3v) is 10.5. The number of aromatic nitrogens is 2. The van der Waals surface area contributed by atoms with Crippen LogP contribution in [0, 0.1) is 11.8 Å². The van der Waals surface area contributed by atoms with Crippen molar-refractivity contribution in [3.63, 3.8) is 0 Å². The second kappa shape index (κ2) is 14.2. The van der Waals surface area contributed by atoms with E-state index in [1.807, 2.05) is 30.3 Å². The SMILES string of the molecule is C[C@@H]1CN(/C(=N/C2CCCCC2C2CCCCC2)Nc2ccc3c(=O)n(CCc4ccc(Cl)cc4Cl)cnc3c2)C[C@H](C)N1. The van der Waals surface area contributed by atoms with Crippen LogP contribution in [0.25, 0.3) is 10.9 Å². The summed E-state index contributed by atoms with van der Waals surface area (Å²) in [6, 6.07) is 12.5. The van der Waals surface area contributed by atoms with E-state index < -0.39 is 0 Å². The van der Waals surface area contributed by atoms with E-state index in [1.165, 1.54) is 57.8 Å². The fourth-order valence-corrected chi connectivity index (χ4v) is 8.26. The van der Waals surface area contributed by atoms with Gasteiger partial charge in [0.15, 0.2) is 5.96 Å². The first kappa shape index (κ1) is 31.4. The number of guanidine groups is 1. The number of hydrogen-bond acceptors (Lipinski definition) is 4. The van der Waals surface area contributed by atoms with Gasteiger partial charge in [0, 0.05) is 47.5 Å². The molecule has 44 heavy (non-hydrogen) atoms. The van der Waals surface area contributed by atoms with Crippen LogP contribution in [0.2, 0.25) is 10.0 Å². The minimum Gasteiger partial charge on any atom is -0.340 e. The lowest BCUT2D eigenvalue weighted by Gasteiger charge is -2.41. The van der Waals surface area contributed by atoms with Gasteiger partial charge in [-0.1, -0.05) is 74.2 Å². The molecule has 7 nitrogen and oxygen atoms in total. The van der Waals surface area contributed by atoms with Gasteiger partial charge in [-0.3, -0.25) is 9.36 Å². The summed E-state index contributed by atoms with van der Waals surface area (Å²) in [6.45, 7) is 6.80.